The number of esters is 2. The maximum Gasteiger partial charge on any atom is 0.472 e. The van der Waals surface area contributed by atoms with Crippen LogP contribution in [-0.4, -0.2) is 74.9 Å². The molecule has 2 atom stereocenters. The van der Waals surface area contributed by atoms with Crippen LogP contribution in [0.2, 0.25) is 0 Å². The van der Waals surface area contributed by atoms with Gasteiger partial charge in [0.15, 0.2) is 6.10 Å². The molecular weight excluding hydrogens is 689 g/mol. The first-order valence-corrected chi connectivity index (χ1v) is 23.8. The number of likely N-dealkylation sites (N-methyl/N-ethyl adjacent to an activating group) is 1. The Balaban J connectivity index is 4.30. The molecule has 0 aromatic rings. The lowest BCUT2D eigenvalue weighted by atomic mass is 10.0. The van der Waals surface area contributed by atoms with E-state index >= 15 is 0 Å². The highest BCUT2D eigenvalue weighted by Crippen LogP contribution is 2.43. The third kappa shape index (κ3) is 40.5. The second kappa shape index (κ2) is 36.6. The summed E-state index contributed by atoms with van der Waals surface area (Å²) in [5.74, 6) is -0.784. The van der Waals surface area contributed by atoms with Gasteiger partial charge in [0, 0.05) is 12.8 Å². The van der Waals surface area contributed by atoms with E-state index in [0.717, 1.165) is 38.5 Å². The van der Waals surface area contributed by atoms with Crippen LogP contribution in [-0.2, 0) is 32.7 Å². The van der Waals surface area contributed by atoms with E-state index in [0.29, 0.717) is 17.4 Å². The number of nitrogens with zero attached hydrogens (tertiary/aromatic N) is 1. The van der Waals surface area contributed by atoms with Crippen molar-refractivity contribution >= 4 is 19.8 Å². The smallest absolute Gasteiger partial charge is 0.462 e. The van der Waals surface area contributed by atoms with Gasteiger partial charge in [-0.1, -0.05) is 187 Å². The van der Waals surface area contributed by atoms with Gasteiger partial charge in [-0.3, -0.25) is 18.6 Å². The summed E-state index contributed by atoms with van der Waals surface area (Å²) in [6, 6.07) is 0. The van der Waals surface area contributed by atoms with E-state index < -0.39 is 26.5 Å². The molecule has 0 fully saturated rings. The fraction of sp³-hybridized carbons (Fsp3) is 0.953. The number of carbonyl (C=O) groups is 2. The summed E-state index contributed by atoms with van der Waals surface area (Å²) in [4.78, 5) is 35.3. The molecule has 0 aliphatic rings. The summed E-state index contributed by atoms with van der Waals surface area (Å²) >= 11 is 0. The van der Waals surface area contributed by atoms with E-state index in [1.54, 1.807) is 0 Å². The summed E-state index contributed by atoms with van der Waals surface area (Å²) in [5.41, 5.74) is 0. The van der Waals surface area contributed by atoms with Crippen LogP contribution in [0, 0.1) is 0 Å². The molecule has 316 valence electrons. The molecule has 1 N–H and O–H groups in total. The van der Waals surface area contributed by atoms with E-state index in [2.05, 4.69) is 13.8 Å². The van der Waals surface area contributed by atoms with Gasteiger partial charge in [0.05, 0.1) is 27.7 Å². The van der Waals surface area contributed by atoms with Crippen molar-refractivity contribution in [3.05, 3.63) is 0 Å². The van der Waals surface area contributed by atoms with Crippen LogP contribution in [0.5, 0.6) is 0 Å². The topological polar surface area (TPSA) is 108 Å². The summed E-state index contributed by atoms with van der Waals surface area (Å²) in [6.45, 7) is 4.45. The van der Waals surface area contributed by atoms with Gasteiger partial charge in [-0.05, 0) is 12.8 Å². The second-order valence-corrected chi connectivity index (χ2v) is 17.9. The van der Waals surface area contributed by atoms with Gasteiger partial charge in [-0.15, -0.1) is 0 Å². The minimum absolute atomic E-state index is 0.0368. The molecule has 0 aromatic heterocycles. The number of hydrogen-bond donors (Lipinski definition) is 1. The third-order valence-corrected chi connectivity index (χ3v) is 10.9. The van der Waals surface area contributed by atoms with Gasteiger partial charge in [-0.2, -0.15) is 0 Å². The summed E-state index contributed by atoms with van der Waals surface area (Å²) in [7, 11) is 1.49. The maximum absolute atomic E-state index is 12.7. The normalized spacial score (nSPS) is 13.5. The molecule has 9 nitrogen and oxygen atoms in total. The molecule has 0 aliphatic carbocycles. The number of quaternary nitrogens is 1. The predicted octanol–water partition coefficient (Wildman–Crippen LogP) is 12.4. The molecule has 0 heterocycles. The fourth-order valence-corrected chi connectivity index (χ4v) is 7.11. The zero-order valence-electron chi connectivity index (χ0n) is 35.5. The maximum atomic E-state index is 12.7. The first kappa shape index (κ1) is 52.0. The van der Waals surface area contributed by atoms with Gasteiger partial charge in [0.25, 0.3) is 0 Å². The molecule has 0 rings (SSSR count). The van der Waals surface area contributed by atoms with Crippen LogP contribution in [0.1, 0.15) is 213 Å². The van der Waals surface area contributed by atoms with Gasteiger partial charge in [-0.25, -0.2) is 4.57 Å². The summed E-state index contributed by atoms with van der Waals surface area (Å²) in [5, 5.41) is 0. The Hall–Kier alpha value is -0.990. The third-order valence-electron chi connectivity index (χ3n) is 9.89. The average molecular weight is 777 g/mol. The van der Waals surface area contributed by atoms with E-state index in [-0.39, 0.29) is 25.6 Å². The van der Waals surface area contributed by atoms with Crippen molar-refractivity contribution < 1.29 is 42.1 Å². The monoisotopic (exact) mass is 777 g/mol. The summed E-state index contributed by atoms with van der Waals surface area (Å²) < 4.78 is 34.3. The molecule has 53 heavy (non-hydrogen) atoms. The Bertz CT molecular complexity index is 881. The lowest BCUT2D eigenvalue weighted by Gasteiger charge is -2.24. The van der Waals surface area contributed by atoms with Gasteiger partial charge in [0.2, 0.25) is 0 Å². The SMILES string of the molecule is CCCCCCCCCCCCCCCCCCC(=O)OCC(COP(=O)(O)OCC[N+](C)(C)C)OC(=O)CCCCCCCCCCCCCCC. The average Bonchev–Trinajstić information content (AvgIpc) is 3.10. The highest BCUT2D eigenvalue weighted by atomic mass is 31.2. The molecule has 0 amide bonds. The lowest BCUT2D eigenvalue weighted by molar-refractivity contribution is -0.870. The standard InChI is InChI=1S/C43H86NO8P/c1-6-8-10-12-14-16-18-20-21-22-24-25-27-29-31-33-35-42(45)49-39-41(40-51-53(47,48)50-38-37-44(3,4)5)52-43(46)36-34-32-30-28-26-23-19-17-15-13-11-9-7-2/h41H,6-40H2,1-5H3/p+1. The van der Waals surface area contributed by atoms with Crippen molar-refractivity contribution in [3.8, 4) is 0 Å². The Morgan fingerprint density at radius 2 is 0.849 bits per heavy atom. The molecule has 0 saturated heterocycles. The van der Waals surface area contributed by atoms with Gasteiger partial charge >= 0.3 is 19.8 Å². The first-order chi connectivity index (χ1) is 25.5. The molecule has 10 heteroatoms. The van der Waals surface area contributed by atoms with Gasteiger partial charge in [0.1, 0.15) is 19.8 Å². The van der Waals surface area contributed by atoms with Crippen molar-refractivity contribution in [3.63, 3.8) is 0 Å². The van der Waals surface area contributed by atoms with Crippen LogP contribution < -0.4 is 0 Å². The molecule has 0 spiro atoms. The quantitative estimate of drug-likeness (QED) is 0.0283. The number of ether oxygens (including phenoxy) is 2. The van der Waals surface area contributed by atoms with Crippen LogP contribution in [0.3, 0.4) is 0 Å². The van der Waals surface area contributed by atoms with Crippen molar-refractivity contribution in [1.29, 1.82) is 0 Å². The Kier molecular flexibility index (Phi) is 36.0. The fourth-order valence-electron chi connectivity index (χ4n) is 6.37. The Morgan fingerprint density at radius 3 is 1.21 bits per heavy atom. The Morgan fingerprint density at radius 1 is 0.509 bits per heavy atom. The van der Waals surface area contributed by atoms with Gasteiger partial charge < -0.3 is 18.9 Å². The van der Waals surface area contributed by atoms with E-state index in [9.17, 15) is 19.0 Å². The highest BCUT2D eigenvalue weighted by molar-refractivity contribution is 7.47. The Labute approximate surface area is 327 Å². The molecule has 0 radical (unpaired) electrons. The number of rotatable bonds is 41. The molecular formula is C43H87NO8P+. The number of hydrogen-bond acceptors (Lipinski definition) is 7. The lowest BCUT2D eigenvalue weighted by Crippen LogP contribution is -2.37. The molecule has 0 aliphatic heterocycles. The van der Waals surface area contributed by atoms with Crippen molar-refractivity contribution in [2.45, 2.75) is 219 Å². The summed E-state index contributed by atoms with van der Waals surface area (Å²) in [6.07, 6.45) is 35.7. The molecule has 0 aromatic carbocycles. The van der Waals surface area contributed by atoms with E-state index in [1.165, 1.54) is 148 Å². The zero-order chi connectivity index (χ0) is 39.3. The number of phosphoric acid groups is 1. The van der Waals surface area contributed by atoms with Crippen LogP contribution in [0.25, 0.3) is 0 Å². The second-order valence-electron chi connectivity index (χ2n) is 16.5. The van der Waals surface area contributed by atoms with Crippen molar-refractivity contribution in [1.82, 2.24) is 0 Å². The van der Waals surface area contributed by atoms with E-state index in [4.69, 9.17) is 18.5 Å². The first-order valence-electron chi connectivity index (χ1n) is 22.3. The highest BCUT2D eigenvalue weighted by Gasteiger charge is 2.27. The number of unbranched alkanes of at least 4 members (excludes halogenated alkanes) is 27. The van der Waals surface area contributed by atoms with E-state index in [1.807, 2.05) is 21.1 Å². The molecule has 0 saturated carbocycles. The predicted molar refractivity (Wildman–Crippen MR) is 220 cm³/mol. The molecule has 2 unspecified atom stereocenters. The number of phosphoric ester groups is 1. The minimum Gasteiger partial charge on any atom is -0.462 e. The van der Waals surface area contributed by atoms with Crippen LogP contribution >= 0.6 is 7.82 Å². The van der Waals surface area contributed by atoms with Crippen molar-refractivity contribution in [2.24, 2.45) is 0 Å². The minimum atomic E-state index is -4.36. The van der Waals surface area contributed by atoms with Crippen molar-refractivity contribution in [2.75, 3.05) is 47.5 Å². The zero-order valence-corrected chi connectivity index (χ0v) is 36.4. The van der Waals surface area contributed by atoms with Crippen LogP contribution in [0.4, 0.5) is 0 Å². The molecule has 0 bridgehead atoms. The number of carbonyl (C=O) groups excluding carboxylic acids is 2. The largest absolute Gasteiger partial charge is 0.472 e. The van der Waals surface area contributed by atoms with Crippen LogP contribution in [0.15, 0.2) is 0 Å².